The summed E-state index contributed by atoms with van der Waals surface area (Å²) in [5.74, 6) is 6.55. The molecule has 0 saturated heterocycles. The van der Waals surface area contributed by atoms with Crippen molar-refractivity contribution in [3.05, 3.63) is 35.9 Å². The molecule has 0 N–H and O–H groups in total. The molecule has 7 unspecified atom stereocenters. The molecule has 1 aromatic carbocycles. The monoisotopic (exact) mass is 366 g/mol. The van der Waals surface area contributed by atoms with Crippen LogP contribution < -0.4 is 0 Å². The van der Waals surface area contributed by atoms with Gasteiger partial charge in [0.2, 0.25) is 0 Å². The number of fused-ring (bicyclic) bond motifs is 3. The SMILES string of the molecule is CC(C)(C)C1CCC2C(CC3CC(C(C)(C)C)CC(c4ccccc4)C32)C1. The average Bonchev–Trinajstić information content (AvgIpc) is 2.98. The maximum Gasteiger partial charge on any atom is -0.0125 e. The van der Waals surface area contributed by atoms with E-state index in [0.29, 0.717) is 10.8 Å². The van der Waals surface area contributed by atoms with Crippen molar-refractivity contribution in [2.75, 3.05) is 0 Å². The molecule has 0 amide bonds. The van der Waals surface area contributed by atoms with E-state index in [0.717, 1.165) is 41.4 Å². The van der Waals surface area contributed by atoms with Crippen LogP contribution in [-0.2, 0) is 0 Å². The van der Waals surface area contributed by atoms with Crippen molar-refractivity contribution in [2.45, 2.75) is 86.0 Å². The van der Waals surface area contributed by atoms with E-state index in [2.05, 4.69) is 71.9 Å². The second-order valence-electron chi connectivity index (χ2n) is 12.4. The summed E-state index contributed by atoms with van der Waals surface area (Å²) in [6.45, 7) is 14.9. The number of hydrogen-bond acceptors (Lipinski definition) is 0. The van der Waals surface area contributed by atoms with E-state index in [9.17, 15) is 0 Å². The van der Waals surface area contributed by atoms with E-state index < -0.39 is 0 Å². The van der Waals surface area contributed by atoms with Crippen LogP contribution in [0.15, 0.2) is 30.3 Å². The Balaban J connectivity index is 1.62. The van der Waals surface area contributed by atoms with Gasteiger partial charge in [0.25, 0.3) is 0 Å². The van der Waals surface area contributed by atoms with E-state index >= 15 is 0 Å². The lowest BCUT2D eigenvalue weighted by Crippen LogP contribution is -2.38. The predicted molar refractivity (Wildman–Crippen MR) is 117 cm³/mol. The molecule has 1 aromatic rings. The fraction of sp³-hybridized carbons (Fsp3) is 0.778. The summed E-state index contributed by atoms with van der Waals surface area (Å²) in [5.41, 5.74) is 2.57. The zero-order chi connectivity index (χ0) is 19.4. The van der Waals surface area contributed by atoms with Crippen molar-refractivity contribution >= 4 is 0 Å². The lowest BCUT2D eigenvalue weighted by Gasteiger charge is -2.47. The molecule has 27 heavy (non-hydrogen) atoms. The van der Waals surface area contributed by atoms with Crippen LogP contribution in [0.4, 0.5) is 0 Å². The highest BCUT2D eigenvalue weighted by molar-refractivity contribution is 5.23. The molecule has 4 rings (SSSR count). The van der Waals surface area contributed by atoms with Crippen molar-refractivity contribution in [3.8, 4) is 0 Å². The summed E-state index contributed by atoms with van der Waals surface area (Å²) < 4.78 is 0. The topological polar surface area (TPSA) is 0 Å². The number of benzene rings is 1. The minimum Gasteiger partial charge on any atom is -0.0622 e. The van der Waals surface area contributed by atoms with Gasteiger partial charge in [0.1, 0.15) is 0 Å². The van der Waals surface area contributed by atoms with Crippen LogP contribution in [0.3, 0.4) is 0 Å². The second-order valence-corrected chi connectivity index (χ2v) is 12.4. The van der Waals surface area contributed by atoms with Gasteiger partial charge in [-0.25, -0.2) is 0 Å². The number of rotatable bonds is 1. The molecule has 0 spiro atoms. The van der Waals surface area contributed by atoms with Gasteiger partial charge in [-0.3, -0.25) is 0 Å². The summed E-state index contributed by atoms with van der Waals surface area (Å²) in [4.78, 5) is 0. The van der Waals surface area contributed by atoms with Crippen molar-refractivity contribution in [3.63, 3.8) is 0 Å². The van der Waals surface area contributed by atoms with Crippen LogP contribution in [0.1, 0.15) is 91.5 Å². The normalized spacial score (nSPS) is 39.7. The van der Waals surface area contributed by atoms with Gasteiger partial charge in [-0.05, 0) is 96.3 Å². The van der Waals surface area contributed by atoms with Crippen LogP contribution >= 0.6 is 0 Å². The zero-order valence-electron chi connectivity index (χ0n) is 18.7. The first-order valence-corrected chi connectivity index (χ1v) is 11.7. The lowest BCUT2D eigenvalue weighted by atomic mass is 9.58. The van der Waals surface area contributed by atoms with E-state index in [1.807, 2.05) is 0 Å². The Morgan fingerprint density at radius 2 is 1.30 bits per heavy atom. The Bertz CT molecular complexity index is 628. The minimum absolute atomic E-state index is 0.444. The molecule has 0 aromatic heterocycles. The Hall–Kier alpha value is -0.780. The highest BCUT2D eigenvalue weighted by Crippen LogP contribution is 2.62. The Labute approximate surface area is 168 Å². The maximum absolute atomic E-state index is 2.48. The van der Waals surface area contributed by atoms with Crippen LogP contribution in [-0.4, -0.2) is 0 Å². The molecular formula is C27H42. The third-order valence-corrected chi connectivity index (χ3v) is 8.95. The molecular weight excluding hydrogens is 324 g/mol. The average molecular weight is 367 g/mol. The van der Waals surface area contributed by atoms with E-state index in [1.165, 1.54) is 38.5 Å². The first kappa shape index (κ1) is 19.5. The van der Waals surface area contributed by atoms with Crippen LogP contribution in [0, 0.1) is 46.3 Å². The molecule has 0 nitrogen and oxygen atoms in total. The first-order chi connectivity index (χ1) is 12.6. The molecule has 0 aliphatic heterocycles. The fourth-order valence-corrected chi connectivity index (χ4v) is 7.32. The molecule has 3 aliphatic carbocycles. The number of hydrogen-bond donors (Lipinski definition) is 0. The molecule has 0 heterocycles. The predicted octanol–water partition coefficient (Wildman–Crippen LogP) is 7.94. The van der Waals surface area contributed by atoms with Crippen LogP contribution in [0.25, 0.3) is 0 Å². The highest BCUT2D eigenvalue weighted by atomic mass is 14.6. The van der Waals surface area contributed by atoms with Crippen molar-refractivity contribution in [1.82, 2.24) is 0 Å². The van der Waals surface area contributed by atoms with E-state index in [4.69, 9.17) is 0 Å². The van der Waals surface area contributed by atoms with Crippen LogP contribution in [0.5, 0.6) is 0 Å². The van der Waals surface area contributed by atoms with E-state index in [-0.39, 0.29) is 0 Å². The maximum atomic E-state index is 2.48. The molecule has 7 atom stereocenters. The van der Waals surface area contributed by atoms with E-state index in [1.54, 1.807) is 5.56 Å². The minimum atomic E-state index is 0.444. The standard InChI is InChI=1S/C27H42/c1-26(2,3)21-12-13-23-19(15-21)14-20-16-22(27(4,5)6)17-24(25(20)23)18-10-8-7-9-11-18/h7-11,19-25H,12-17H2,1-6H3. The third-order valence-electron chi connectivity index (χ3n) is 8.95. The fourth-order valence-electron chi connectivity index (χ4n) is 7.32. The Kier molecular flexibility index (Phi) is 5.01. The smallest absolute Gasteiger partial charge is 0.0125 e. The largest absolute Gasteiger partial charge is 0.0622 e. The molecule has 150 valence electrons. The van der Waals surface area contributed by atoms with Gasteiger partial charge in [0.05, 0.1) is 0 Å². The Morgan fingerprint density at radius 1 is 0.667 bits per heavy atom. The van der Waals surface area contributed by atoms with Gasteiger partial charge in [-0.15, -0.1) is 0 Å². The van der Waals surface area contributed by atoms with Gasteiger partial charge < -0.3 is 0 Å². The molecule has 3 fully saturated rings. The summed E-state index contributed by atoms with van der Waals surface area (Å²) in [6.07, 6.45) is 8.90. The van der Waals surface area contributed by atoms with Gasteiger partial charge in [0, 0.05) is 0 Å². The second kappa shape index (κ2) is 6.93. The third kappa shape index (κ3) is 3.75. The van der Waals surface area contributed by atoms with Crippen molar-refractivity contribution in [2.24, 2.45) is 46.3 Å². The van der Waals surface area contributed by atoms with Gasteiger partial charge in [0.15, 0.2) is 0 Å². The molecule has 3 saturated carbocycles. The van der Waals surface area contributed by atoms with Crippen molar-refractivity contribution < 1.29 is 0 Å². The summed E-state index contributed by atoms with van der Waals surface area (Å²) >= 11 is 0. The summed E-state index contributed by atoms with van der Waals surface area (Å²) in [7, 11) is 0. The molecule has 0 bridgehead atoms. The highest BCUT2D eigenvalue weighted by Gasteiger charge is 2.53. The van der Waals surface area contributed by atoms with Crippen LogP contribution in [0.2, 0.25) is 0 Å². The van der Waals surface area contributed by atoms with Gasteiger partial charge >= 0.3 is 0 Å². The zero-order valence-corrected chi connectivity index (χ0v) is 18.7. The molecule has 0 radical (unpaired) electrons. The van der Waals surface area contributed by atoms with Gasteiger partial charge in [-0.1, -0.05) is 71.9 Å². The summed E-state index contributed by atoms with van der Waals surface area (Å²) in [5, 5.41) is 0. The Morgan fingerprint density at radius 3 is 1.93 bits per heavy atom. The lowest BCUT2D eigenvalue weighted by molar-refractivity contribution is 0.0563. The first-order valence-electron chi connectivity index (χ1n) is 11.7. The molecule has 0 heteroatoms. The quantitative estimate of drug-likeness (QED) is 0.473. The van der Waals surface area contributed by atoms with Gasteiger partial charge in [-0.2, -0.15) is 0 Å². The summed E-state index contributed by atoms with van der Waals surface area (Å²) in [6, 6.07) is 11.6. The molecule has 3 aliphatic rings. The van der Waals surface area contributed by atoms with Crippen molar-refractivity contribution in [1.29, 1.82) is 0 Å².